The largest absolute Gasteiger partial charge is 0.493 e. The quantitative estimate of drug-likeness (QED) is 0.873. The molecule has 0 fully saturated rings. The molecular formula is C16H14F3N3O4. The maximum atomic E-state index is 13.7. The first kappa shape index (κ1) is 19.2. The monoisotopic (exact) mass is 369 g/mol. The van der Waals surface area contributed by atoms with Crippen molar-refractivity contribution in [2.24, 2.45) is 10.9 Å². The van der Waals surface area contributed by atoms with Gasteiger partial charge < -0.3 is 14.8 Å². The van der Waals surface area contributed by atoms with Crippen LogP contribution in [0, 0.1) is 17.2 Å². The fourth-order valence-corrected chi connectivity index (χ4v) is 2.65. The first-order chi connectivity index (χ1) is 12.1. The highest BCUT2D eigenvalue weighted by atomic mass is 19.4. The Balaban J connectivity index is 2.47. The van der Waals surface area contributed by atoms with Gasteiger partial charge in [0.05, 0.1) is 20.3 Å². The number of hydrogen-bond acceptors (Lipinski definition) is 5. The number of carbonyl (C=O) groups excluding carboxylic acids is 2. The summed E-state index contributed by atoms with van der Waals surface area (Å²) in [5, 5.41) is 10.8. The van der Waals surface area contributed by atoms with E-state index in [2.05, 4.69) is 4.99 Å². The lowest BCUT2D eigenvalue weighted by Crippen LogP contribution is -2.66. The Bertz CT molecular complexity index is 829. The molecule has 1 N–H and O–H groups in total. The molecule has 26 heavy (non-hydrogen) atoms. The topological polar surface area (TPSA) is 101 Å². The molecule has 0 aromatic heterocycles. The van der Waals surface area contributed by atoms with Crippen LogP contribution in [0.2, 0.25) is 0 Å². The second-order valence-corrected chi connectivity index (χ2v) is 5.45. The fraction of sp³-hybridized carbons (Fsp3) is 0.375. The summed E-state index contributed by atoms with van der Waals surface area (Å²) in [6.45, 7) is 1.13. The second-order valence-electron chi connectivity index (χ2n) is 5.45. The Morgan fingerprint density at radius 1 is 1.31 bits per heavy atom. The van der Waals surface area contributed by atoms with Crippen LogP contribution in [0.4, 0.5) is 13.2 Å². The lowest BCUT2D eigenvalue weighted by atomic mass is 9.83. The molecule has 2 unspecified atom stereocenters. The number of nitriles is 1. The molecule has 0 saturated heterocycles. The maximum absolute atomic E-state index is 13.7. The lowest BCUT2D eigenvalue weighted by molar-refractivity contribution is -0.197. The van der Waals surface area contributed by atoms with Gasteiger partial charge in [-0.2, -0.15) is 18.4 Å². The predicted octanol–water partition coefficient (Wildman–Crippen LogP) is 1.88. The molecule has 1 aliphatic rings. The number of ether oxygens (including phenoxy) is 2. The summed E-state index contributed by atoms with van der Waals surface area (Å²) in [7, 11) is 2.64. The number of carbonyl (C=O) groups is 2. The predicted molar refractivity (Wildman–Crippen MR) is 83.0 cm³/mol. The first-order valence-corrected chi connectivity index (χ1v) is 7.22. The number of benzene rings is 1. The van der Waals surface area contributed by atoms with Crippen molar-refractivity contribution >= 4 is 17.5 Å². The van der Waals surface area contributed by atoms with Gasteiger partial charge in [-0.05, 0) is 25.1 Å². The summed E-state index contributed by atoms with van der Waals surface area (Å²) >= 11 is 0. The van der Waals surface area contributed by atoms with Gasteiger partial charge in [-0.3, -0.25) is 9.59 Å². The number of alkyl halides is 3. The van der Waals surface area contributed by atoms with Crippen LogP contribution in [-0.4, -0.2) is 43.5 Å². The number of methoxy groups -OCH3 is 2. The fourth-order valence-electron chi connectivity index (χ4n) is 2.65. The van der Waals surface area contributed by atoms with E-state index in [1.165, 1.54) is 32.4 Å². The van der Waals surface area contributed by atoms with Crippen molar-refractivity contribution in [3.8, 4) is 17.6 Å². The molecule has 2 atom stereocenters. The van der Waals surface area contributed by atoms with Crippen LogP contribution in [0.1, 0.15) is 17.3 Å². The number of amides is 2. The molecule has 1 aliphatic heterocycles. The molecule has 2 amide bonds. The van der Waals surface area contributed by atoms with Crippen molar-refractivity contribution in [3.05, 3.63) is 23.8 Å². The van der Waals surface area contributed by atoms with Gasteiger partial charge in [0.25, 0.3) is 11.8 Å². The van der Waals surface area contributed by atoms with E-state index in [1.54, 1.807) is 5.32 Å². The molecule has 10 heteroatoms. The molecule has 2 rings (SSSR count). The van der Waals surface area contributed by atoms with Gasteiger partial charge >= 0.3 is 6.18 Å². The van der Waals surface area contributed by atoms with Crippen molar-refractivity contribution in [3.63, 3.8) is 0 Å². The normalized spacial score (nSPS) is 22.4. The Hall–Kier alpha value is -3.09. The Morgan fingerprint density at radius 3 is 2.42 bits per heavy atom. The number of hydrogen-bond donors (Lipinski definition) is 1. The standard InChI is InChI=1S/C16H14F3N3O4/c1-8-10(7-20)15(14(24)21-8,16(17,18)19)22-13(23)9-4-5-11(25-2)12(6-9)26-3/h4-6,10H,1-3H3,(H,22,23). The number of nitrogens with one attached hydrogen (secondary N) is 1. The summed E-state index contributed by atoms with van der Waals surface area (Å²) in [6, 6.07) is 5.10. The second kappa shape index (κ2) is 6.67. The van der Waals surface area contributed by atoms with Crippen LogP contribution < -0.4 is 14.8 Å². The smallest absolute Gasteiger partial charge is 0.422 e. The molecular weight excluding hydrogens is 355 g/mol. The zero-order chi connectivity index (χ0) is 19.7. The third kappa shape index (κ3) is 2.85. The van der Waals surface area contributed by atoms with Gasteiger partial charge in [-0.1, -0.05) is 0 Å². The summed E-state index contributed by atoms with van der Waals surface area (Å²) in [5.41, 5.74) is -3.96. The maximum Gasteiger partial charge on any atom is 0.422 e. The molecule has 0 spiro atoms. The van der Waals surface area contributed by atoms with Crippen LogP contribution in [0.5, 0.6) is 11.5 Å². The van der Waals surface area contributed by atoms with Crippen LogP contribution in [0.15, 0.2) is 23.2 Å². The Kier molecular flexibility index (Phi) is 4.93. The van der Waals surface area contributed by atoms with Crippen molar-refractivity contribution in [1.82, 2.24) is 5.32 Å². The molecule has 0 bridgehead atoms. The van der Waals surface area contributed by atoms with E-state index in [0.717, 1.165) is 13.0 Å². The van der Waals surface area contributed by atoms with Crippen molar-refractivity contribution in [2.45, 2.75) is 18.6 Å². The highest BCUT2D eigenvalue weighted by Gasteiger charge is 2.69. The summed E-state index contributed by atoms with van der Waals surface area (Å²) in [5.74, 6) is -4.42. The van der Waals surface area contributed by atoms with E-state index in [-0.39, 0.29) is 22.8 Å². The number of halogens is 3. The van der Waals surface area contributed by atoms with Gasteiger partial charge in [-0.15, -0.1) is 0 Å². The van der Waals surface area contributed by atoms with Crippen LogP contribution >= 0.6 is 0 Å². The summed E-state index contributed by atoms with van der Waals surface area (Å²) in [6.07, 6.45) is -5.22. The van der Waals surface area contributed by atoms with Crippen molar-refractivity contribution in [2.75, 3.05) is 14.2 Å². The van der Waals surface area contributed by atoms with E-state index >= 15 is 0 Å². The average Bonchev–Trinajstić information content (AvgIpc) is 2.83. The Labute approximate surface area is 146 Å². The molecule has 0 radical (unpaired) electrons. The molecule has 138 valence electrons. The minimum atomic E-state index is -5.22. The number of aliphatic imine (C=N–C) groups is 1. The van der Waals surface area contributed by atoms with Crippen LogP contribution in [0.3, 0.4) is 0 Å². The highest BCUT2D eigenvalue weighted by Crippen LogP contribution is 2.42. The van der Waals surface area contributed by atoms with E-state index < -0.39 is 29.4 Å². The first-order valence-electron chi connectivity index (χ1n) is 7.22. The van der Waals surface area contributed by atoms with E-state index in [4.69, 9.17) is 14.7 Å². The summed E-state index contributed by atoms with van der Waals surface area (Å²) in [4.78, 5) is 27.7. The van der Waals surface area contributed by atoms with E-state index in [1.807, 2.05) is 0 Å². The molecule has 1 aromatic carbocycles. The van der Waals surface area contributed by atoms with Crippen molar-refractivity contribution in [1.29, 1.82) is 5.26 Å². The van der Waals surface area contributed by atoms with Gasteiger partial charge in [0.1, 0.15) is 5.92 Å². The molecule has 1 aromatic rings. The van der Waals surface area contributed by atoms with E-state index in [0.29, 0.717) is 0 Å². The molecule has 0 aliphatic carbocycles. The van der Waals surface area contributed by atoms with Gasteiger partial charge in [0.2, 0.25) is 5.54 Å². The average molecular weight is 369 g/mol. The zero-order valence-electron chi connectivity index (χ0n) is 14.0. The zero-order valence-corrected chi connectivity index (χ0v) is 14.0. The molecule has 0 saturated carbocycles. The van der Waals surface area contributed by atoms with Gasteiger partial charge in [0, 0.05) is 11.3 Å². The minimum absolute atomic E-state index is 0.114. The SMILES string of the molecule is COc1ccc(C(=O)NC2(C(F)(F)F)C(=O)N=C(C)C2C#N)cc1OC. The van der Waals surface area contributed by atoms with Crippen LogP contribution in [0.25, 0.3) is 0 Å². The number of rotatable bonds is 4. The number of nitrogens with zero attached hydrogens (tertiary/aromatic N) is 2. The van der Waals surface area contributed by atoms with Crippen LogP contribution in [-0.2, 0) is 4.79 Å². The Morgan fingerprint density at radius 2 is 1.92 bits per heavy atom. The minimum Gasteiger partial charge on any atom is -0.493 e. The van der Waals surface area contributed by atoms with Crippen molar-refractivity contribution < 1.29 is 32.2 Å². The van der Waals surface area contributed by atoms with Gasteiger partial charge in [0.15, 0.2) is 11.5 Å². The summed E-state index contributed by atoms with van der Waals surface area (Å²) < 4.78 is 51.1. The molecule has 7 nitrogen and oxygen atoms in total. The lowest BCUT2D eigenvalue weighted by Gasteiger charge is -2.32. The highest BCUT2D eigenvalue weighted by molar-refractivity contribution is 6.13. The van der Waals surface area contributed by atoms with Gasteiger partial charge in [-0.25, -0.2) is 4.99 Å². The third-order valence-electron chi connectivity index (χ3n) is 4.00. The third-order valence-corrected chi connectivity index (χ3v) is 4.00. The van der Waals surface area contributed by atoms with E-state index in [9.17, 15) is 22.8 Å². The molecule has 1 heterocycles.